The van der Waals surface area contributed by atoms with E-state index >= 15 is 0 Å². The van der Waals surface area contributed by atoms with Crippen LogP contribution in [0.2, 0.25) is 0 Å². The Kier molecular flexibility index (Phi) is 5.29. The molecule has 0 bridgehead atoms. The topological polar surface area (TPSA) is 63.2 Å². The van der Waals surface area contributed by atoms with Crippen LogP contribution in [0.4, 0.5) is 5.69 Å². The van der Waals surface area contributed by atoms with Gasteiger partial charge in [-0.25, -0.2) is 0 Å². The molecule has 0 saturated heterocycles. The van der Waals surface area contributed by atoms with Crippen LogP contribution < -0.4 is 15.4 Å². The first-order valence-corrected chi connectivity index (χ1v) is 6.83. The molecule has 5 heteroatoms. The van der Waals surface area contributed by atoms with E-state index in [0.29, 0.717) is 11.3 Å². The monoisotopic (exact) mass is 285 g/mol. The number of anilines is 1. The van der Waals surface area contributed by atoms with Crippen molar-refractivity contribution in [3.05, 3.63) is 53.9 Å². The molecule has 0 saturated carbocycles. The Hall–Kier alpha value is -2.40. The van der Waals surface area contributed by atoms with Crippen molar-refractivity contribution in [2.45, 2.75) is 13.5 Å². The number of methoxy groups -OCH3 is 1. The van der Waals surface area contributed by atoms with Crippen LogP contribution in [0.25, 0.3) is 0 Å². The van der Waals surface area contributed by atoms with Gasteiger partial charge in [-0.3, -0.25) is 9.78 Å². The van der Waals surface area contributed by atoms with Crippen LogP contribution in [0.5, 0.6) is 5.75 Å². The van der Waals surface area contributed by atoms with Crippen molar-refractivity contribution in [2.75, 3.05) is 19.0 Å². The number of amides is 1. The van der Waals surface area contributed by atoms with Gasteiger partial charge in [-0.15, -0.1) is 0 Å². The van der Waals surface area contributed by atoms with Crippen molar-refractivity contribution in [2.24, 2.45) is 0 Å². The van der Waals surface area contributed by atoms with Crippen molar-refractivity contribution >= 4 is 11.6 Å². The lowest BCUT2D eigenvalue weighted by Crippen LogP contribution is -2.14. The summed E-state index contributed by atoms with van der Waals surface area (Å²) in [6, 6.07) is 9.39. The minimum Gasteiger partial charge on any atom is -0.494 e. The highest BCUT2D eigenvalue weighted by atomic mass is 16.5. The molecule has 0 aliphatic heterocycles. The molecule has 21 heavy (non-hydrogen) atoms. The number of hydrogen-bond acceptors (Lipinski definition) is 4. The third-order valence-electron chi connectivity index (χ3n) is 3.01. The molecule has 2 aromatic rings. The van der Waals surface area contributed by atoms with E-state index in [9.17, 15) is 4.79 Å². The van der Waals surface area contributed by atoms with Crippen LogP contribution in [0.15, 0.2) is 42.7 Å². The van der Waals surface area contributed by atoms with Gasteiger partial charge in [0.2, 0.25) is 0 Å². The molecule has 1 heterocycles. The van der Waals surface area contributed by atoms with Crippen molar-refractivity contribution in [3.63, 3.8) is 0 Å². The van der Waals surface area contributed by atoms with Crippen molar-refractivity contribution < 1.29 is 9.53 Å². The quantitative estimate of drug-likeness (QED) is 0.855. The van der Waals surface area contributed by atoms with Crippen LogP contribution in [-0.2, 0) is 6.54 Å². The lowest BCUT2D eigenvalue weighted by atomic mass is 10.2. The van der Waals surface area contributed by atoms with Crippen LogP contribution in [0.1, 0.15) is 22.8 Å². The second kappa shape index (κ2) is 7.40. The summed E-state index contributed by atoms with van der Waals surface area (Å²) in [6.07, 6.45) is 3.09. The predicted molar refractivity (Wildman–Crippen MR) is 82.6 cm³/mol. The number of nitrogens with zero attached hydrogens (tertiary/aromatic N) is 1. The van der Waals surface area contributed by atoms with Crippen LogP contribution in [0, 0.1) is 0 Å². The molecule has 5 nitrogen and oxygen atoms in total. The Morgan fingerprint density at radius 3 is 2.95 bits per heavy atom. The van der Waals surface area contributed by atoms with E-state index in [1.165, 1.54) is 13.3 Å². The normalized spacial score (nSPS) is 10.2. The van der Waals surface area contributed by atoms with Crippen LogP contribution >= 0.6 is 0 Å². The summed E-state index contributed by atoms with van der Waals surface area (Å²) in [6.45, 7) is 3.74. The maximum atomic E-state index is 12.3. The maximum Gasteiger partial charge on any atom is 0.259 e. The number of carbonyl (C=O) groups is 1. The van der Waals surface area contributed by atoms with E-state index in [1.54, 1.807) is 12.3 Å². The third-order valence-corrected chi connectivity index (χ3v) is 3.01. The van der Waals surface area contributed by atoms with Gasteiger partial charge in [0.05, 0.1) is 18.9 Å². The van der Waals surface area contributed by atoms with E-state index in [-0.39, 0.29) is 5.91 Å². The van der Waals surface area contributed by atoms with Gasteiger partial charge in [0.15, 0.2) is 0 Å². The van der Waals surface area contributed by atoms with Gasteiger partial charge in [-0.1, -0.05) is 19.1 Å². The molecular formula is C16H19N3O2. The zero-order valence-electron chi connectivity index (χ0n) is 12.2. The highest BCUT2D eigenvalue weighted by molar-refractivity contribution is 6.06. The van der Waals surface area contributed by atoms with Crippen molar-refractivity contribution in [3.8, 4) is 5.75 Å². The Morgan fingerprint density at radius 1 is 1.33 bits per heavy atom. The largest absolute Gasteiger partial charge is 0.494 e. The lowest BCUT2D eigenvalue weighted by molar-refractivity contribution is 0.102. The Morgan fingerprint density at radius 2 is 2.19 bits per heavy atom. The second-order valence-corrected chi connectivity index (χ2v) is 4.51. The van der Waals surface area contributed by atoms with Crippen molar-refractivity contribution in [1.29, 1.82) is 0 Å². The highest BCUT2D eigenvalue weighted by Crippen LogP contribution is 2.18. The first kappa shape index (κ1) is 15.0. The van der Waals surface area contributed by atoms with Gasteiger partial charge in [0.25, 0.3) is 5.91 Å². The van der Waals surface area contributed by atoms with Gasteiger partial charge in [-0.2, -0.15) is 0 Å². The molecule has 0 unspecified atom stereocenters. The van der Waals surface area contributed by atoms with Crippen molar-refractivity contribution in [1.82, 2.24) is 10.3 Å². The molecule has 110 valence electrons. The number of aromatic nitrogens is 1. The van der Waals surface area contributed by atoms with E-state index < -0.39 is 0 Å². The van der Waals surface area contributed by atoms with Crippen LogP contribution in [0.3, 0.4) is 0 Å². The summed E-state index contributed by atoms with van der Waals surface area (Å²) < 4.78 is 5.15. The first-order chi connectivity index (χ1) is 10.2. The zero-order valence-corrected chi connectivity index (χ0v) is 12.2. The Labute approximate surface area is 124 Å². The van der Waals surface area contributed by atoms with Gasteiger partial charge in [0, 0.05) is 18.4 Å². The molecule has 2 rings (SSSR count). The number of nitrogens with one attached hydrogen (secondary N) is 2. The molecule has 0 aliphatic rings. The number of pyridine rings is 1. The maximum absolute atomic E-state index is 12.3. The summed E-state index contributed by atoms with van der Waals surface area (Å²) in [5.41, 5.74) is 2.34. The molecule has 0 atom stereocenters. The van der Waals surface area contributed by atoms with Gasteiger partial charge in [0.1, 0.15) is 5.75 Å². The van der Waals surface area contributed by atoms with Crippen LogP contribution in [-0.4, -0.2) is 24.5 Å². The number of benzene rings is 1. The summed E-state index contributed by atoms with van der Waals surface area (Å²) in [5, 5.41) is 6.13. The average molecular weight is 285 g/mol. The fraction of sp³-hybridized carbons (Fsp3) is 0.250. The number of carbonyl (C=O) groups excluding carboxylic acids is 1. The molecule has 2 N–H and O–H groups in total. The van der Waals surface area contributed by atoms with Gasteiger partial charge < -0.3 is 15.4 Å². The number of ether oxygens (including phenoxy) is 1. The summed E-state index contributed by atoms with van der Waals surface area (Å²) in [4.78, 5) is 16.2. The standard InChI is InChI=1S/C16H19N3O2/c1-3-17-10-12-5-4-6-13(9-12)19-16(20)14-7-8-18-11-15(14)21-2/h4-9,11,17H,3,10H2,1-2H3,(H,19,20). The molecule has 0 spiro atoms. The van der Waals surface area contributed by atoms with E-state index in [4.69, 9.17) is 4.74 Å². The molecule has 0 fully saturated rings. The lowest BCUT2D eigenvalue weighted by Gasteiger charge is -2.10. The fourth-order valence-corrected chi connectivity index (χ4v) is 1.96. The fourth-order valence-electron chi connectivity index (χ4n) is 1.96. The molecule has 1 aromatic carbocycles. The van der Waals surface area contributed by atoms with E-state index in [1.807, 2.05) is 24.3 Å². The predicted octanol–water partition coefficient (Wildman–Crippen LogP) is 2.45. The second-order valence-electron chi connectivity index (χ2n) is 4.51. The first-order valence-electron chi connectivity index (χ1n) is 6.83. The minimum atomic E-state index is -0.213. The van der Waals surface area contributed by atoms with Gasteiger partial charge in [-0.05, 0) is 30.3 Å². The molecule has 0 aliphatic carbocycles. The molecule has 1 aromatic heterocycles. The zero-order chi connectivity index (χ0) is 15.1. The Bertz CT molecular complexity index is 614. The van der Waals surface area contributed by atoms with E-state index in [0.717, 1.165) is 24.3 Å². The third kappa shape index (κ3) is 4.03. The number of rotatable bonds is 6. The summed E-state index contributed by atoms with van der Waals surface area (Å²) in [5.74, 6) is 0.244. The number of hydrogen-bond donors (Lipinski definition) is 2. The Balaban J connectivity index is 2.12. The SMILES string of the molecule is CCNCc1cccc(NC(=O)c2ccncc2OC)c1. The van der Waals surface area contributed by atoms with E-state index in [2.05, 4.69) is 22.5 Å². The highest BCUT2D eigenvalue weighted by Gasteiger charge is 2.12. The summed E-state index contributed by atoms with van der Waals surface area (Å²) in [7, 11) is 1.52. The smallest absolute Gasteiger partial charge is 0.259 e. The average Bonchev–Trinajstić information content (AvgIpc) is 2.53. The molecule has 0 radical (unpaired) electrons. The minimum absolute atomic E-state index is 0.213. The van der Waals surface area contributed by atoms with Gasteiger partial charge >= 0.3 is 0 Å². The molecule has 1 amide bonds. The molecular weight excluding hydrogens is 266 g/mol. The summed E-state index contributed by atoms with van der Waals surface area (Å²) >= 11 is 0.